The first-order chi connectivity index (χ1) is 17.8. The number of nitrogens with zero attached hydrogens (tertiary/aromatic N) is 5. The highest BCUT2D eigenvalue weighted by Crippen LogP contribution is 2.42. The van der Waals surface area contributed by atoms with Crippen molar-refractivity contribution in [1.82, 2.24) is 19.9 Å². The molecule has 0 bridgehead atoms. The van der Waals surface area contributed by atoms with Crippen LogP contribution < -0.4 is 15.1 Å². The second-order valence-electron chi connectivity index (χ2n) is 9.03. The molecule has 3 aromatic heterocycles. The summed E-state index contributed by atoms with van der Waals surface area (Å²) in [5.74, 6) is 0. The normalized spacial score (nSPS) is 19.9. The van der Waals surface area contributed by atoms with Crippen LogP contribution in [0.3, 0.4) is 0 Å². The van der Waals surface area contributed by atoms with Crippen molar-refractivity contribution in [3.05, 3.63) is 108 Å². The molecule has 0 radical (unpaired) electrons. The fourth-order valence-electron chi connectivity index (χ4n) is 5.11. The van der Waals surface area contributed by atoms with Crippen molar-refractivity contribution in [2.45, 2.75) is 18.6 Å². The largest absolute Gasteiger partial charge is 0.378 e. The predicted molar refractivity (Wildman–Crippen MR) is 145 cm³/mol. The molecular weight excluding hydrogens is 468 g/mol. The maximum atomic E-state index is 5.92. The van der Waals surface area contributed by atoms with Gasteiger partial charge in [0.05, 0.1) is 24.9 Å². The molecule has 1 N–H and O–H groups in total. The zero-order valence-electron chi connectivity index (χ0n) is 19.9. The predicted octanol–water partition coefficient (Wildman–Crippen LogP) is 4.34. The Bertz CT molecular complexity index is 1300. The van der Waals surface area contributed by atoms with Gasteiger partial charge in [-0.25, -0.2) is 0 Å². The van der Waals surface area contributed by atoms with Gasteiger partial charge >= 0.3 is 0 Å². The van der Waals surface area contributed by atoms with Crippen LogP contribution in [0.15, 0.2) is 91.5 Å². The van der Waals surface area contributed by atoms with Crippen molar-refractivity contribution >= 4 is 28.7 Å². The number of morpholine rings is 1. The van der Waals surface area contributed by atoms with E-state index in [9.17, 15) is 0 Å². The first-order valence-electron chi connectivity index (χ1n) is 12.3. The summed E-state index contributed by atoms with van der Waals surface area (Å²) in [6, 6.07) is 23.0. The quantitative estimate of drug-likeness (QED) is 0.399. The Kier molecular flexibility index (Phi) is 6.36. The standard InChI is InChI=1S/C28H28N6OS/c36-28-31-26(24-6-1-2-13-30-24)27(25-7-4-14-33(25)20-21-5-3-12-29-19-21)34(28)23-10-8-22(9-11-23)32-15-17-35-18-16-32/h1-14,19,26-27H,15-18,20H2,(H,31,36)/t26-,27-/m1/s1. The first-order valence-corrected chi connectivity index (χ1v) is 12.7. The number of anilines is 2. The second-order valence-corrected chi connectivity index (χ2v) is 9.42. The van der Waals surface area contributed by atoms with E-state index in [0.29, 0.717) is 5.11 Å². The topological polar surface area (TPSA) is 58.5 Å². The highest BCUT2D eigenvalue weighted by atomic mass is 32.1. The summed E-state index contributed by atoms with van der Waals surface area (Å²) in [6.07, 6.45) is 7.68. The third-order valence-electron chi connectivity index (χ3n) is 6.85. The summed E-state index contributed by atoms with van der Waals surface area (Å²) >= 11 is 5.92. The van der Waals surface area contributed by atoms with Crippen LogP contribution in [0.4, 0.5) is 11.4 Å². The lowest BCUT2D eigenvalue weighted by molar-refractivity contribution is 0.122. The smallest absolute Gasteiger partial charge is 0.174 e. The molecule has 8 heteroatoms. The summed E-state index contributed by atoms with van der Waals surface area (Å²) in [7, 11) is 0. The van der Waals surface area contributed by atoms with Gasteiger partial charge in [-0.2, -0.15) is 0 Å². The number of ether oxygens (including phenoxy) is 1. The first kappa shape index (κ1) is 22.7. The van der Waals surface area contributed by atoms with Crippen LogP contribution >= 0.6 is 12.2 Å². The van der Waals surface area contributed by atoms with Gasteiger partial charge in [-0.3, -0.25) is 9.97 Å². The molecule has 6 rings (SSSR count). The van der Waals surface area contributed by atoms with E-state index >= 15 is 0 Å². The molecule has 2 atom stereocenters. The van der Waals surface area contributed by atoms with Gasteiger partial charge in [-0.1, -0.05) is 12.1 Å². The van der Waals surface area contributed by atoms with Crippen LogP contribution in [0.25, 0.3) is 0 Å². The van der Waals surface area contributed by atoms with Crippen molar-refractivity contribution in [2.24, 2.45) is 0 Å². The average molecular weight is 497 g/mol. The Balaban J connectivity index is 1.37. The van der Waals surface area contributed by atoms with E-state index in [2.05, 4.69) is 84.4 Å². The number of hydrogen-bond donors (Lipinski definition) is 1. The lowest BCUT2D eigenvalue weighted by Gasteiger charge is -2.31. The maximum Gasteiger partial charge on any atom is 0.174 e. The van der Waals surface area contributed by atoms with E-state index in [4.69, 9.17) is 17.0 Å². The zero-order chi connectivity index (χ0) is 24.3. The van der Waals surface area contributed by atoms with Gasteiger partial charge in [0.1, 0.15) is 6.04 Å². The Labute approximate surface area is 216 Å². The number of hydrogen-bond acceptors (Lipinski definition) is 5. The van der Waals surface area contributed by atoms with Crippen LogP contribution in [0.1, 0.15) is 29.0 Å². The molecule has 2 saturated heterocycles. The van der Waals surface area contributed by atoms with Crippen molar-refractivity contribution in [2.75, 3.05) is 36.1 Å². The Hall–Kier alpha value is -3.75. The van der Waals surface area contributed by atoms with E-state index in [0.717, 1.165) is 49.8 Å². The summed E-state index contributed by atoms with van der Waals surface area (Å²) in [5, 5.41) is 4.27. The lowest BCUT2D eigenvalue weighted by atomic mass is 10.0. The molecule has 0 unspecified atom stereocenters. The average Bonchev–Trinajstić information content (AvgIpc) is 3.53. The van der Waals surface area contributed by atoms with E-state index in [1.54, 1.807) is 6.20 Å². The minimum atomic E-state index is -0.0832. The molecule has 2 fully saturated rings. The maximum absolute atomic E-state index is 5.92. The highest BCUT2D eigenvalue weighted by Gasteiger charge is 2.42. The monoisotopic (exact) mass is 496 g/mol. The minimum absolute atomic E-state index is 0.0618. The number of pyridine rings is 2. The number of thiocarbonyl (C=S) groups is 1. The number of aromatic nitrogens is 3. The third kappa shape index (κ3) is 4.45. The van der Waals surface area contributed by atoms with Crippen molar-refractivity contribution < 1.29 is 4.74 Å². The fourth-order valence-corrected chi connectivity index (χ4v) is 5.45. The molecule has 2 aliphatic heterocycles. The third-order valence-corrected chi connectivity index (χ3v) is 7.16. The van der Waals surface area contributed by atoms with Crippen LogP contribution in [0.5, 0.6) is 0 Å². The van der Waals surface area contributed by atoms with Gasteiger partial charge in [-0.15, -0.1) is 0 Å². The Morgan fingerprint density at radius 2 is 1.75 bits per heavy atom. The van der Waals surface area contributed by atoms with E-state index < -0.39 is 0 Å². The number of nitrogens with one attached hydrogen (secondary N) is 1. The molecule has 0 spiro atoms. The summed E-state index contributed by atoms with van der Waals surface area (Å²) < 4.78 is 7.80. The second kappa shape index (κ2) is 10.1. The molecule has 1 aromatic carbocycles. The Morgan fingerprint density at radius 1 is 0.917 bits per heavy atom. The van der Waals surface area contributed by atoms with Crippen LogP contribution in [-0.4, -0.2) is 46.0 Å². The van der Waals surface area contributed by atoms with Gasteiger partial charge in [0.25, 0.3) is 0 Å². The summed E-state index contributed by atoms with van der Waals surface area (Å²) in [6.45, 7) is 4.09. The molecule has 0 saturated carbocycles. The summed E-state index contributed by atoms with van der Waals surface area (Å²) in [5.41, 5.74) is 5.55. The zero-order valence-corrected chi connectivity index (χ0v) is 20.7. The van der Waals surface area contributed by atoms with Crippen LogP contribution in [0, 0.1) is 0 Å². The van der Waals surface area contributed by atoms with Crippen molar-refractivity contribution in [1.29, 1.82) is 0 Å². The van der Waals surface area contributed by atoms with Gasteiger partial charge in [-0.05, 0) is 72.4 Å². The van der Waals surface area contributed by atoms with Crippen molar-refractivity contribution in [3.8, 4) is 0 Å². The SMILES string of the molecule is S=C1N[C@H](c2ccccn2)[C@@H](c2cccn2Cc2cccnc2)N1c1ccc(N2CCOCC2)cc1. The van der Waals surface area contributed by atoms with Gasteiger partial charge in [0.2, 0.25) is 0 Å². The number of benzene rings is 1. The fraction of sp³-hybridized carbons (Fsp3) is 0.250. The molecule has 4 aromatic rings. The molecule has 36 heavy (non-hydrogen) atoms. The molecule has 5 heterocycles. The number of rotatable bonds is 6. The molecular formula is C28H28N6OS. The molecule has 2 aliphatic rings. The van der Waals surface area contributed by atoms with Gasteiger partial charge in [0, 0.05) is 61.5 Å². The lowest BCUT2D eigenvalue weighted by Crippen LogP contribution is -2.36. The van der Waals surface area contributed by atoms with Gasteiger partial charge < -0.3 is 24.4 Å². The minimum Gasteiger partial charge on any atom is -0.378 e. The van der Waals surface area contributed by atoms with E-state index in [1.165, 1.54) is 11.4 Å². The van der Waals surface area contributed by atoms with Crippen LogP contribution in [-0.2, 0) is 11.3 Å². The molecule has 182 valence electrons. The van der Waals surface area contributed by atoms with Crippen molar-refractivity contribution in [3.63, 3.8) is 0 Å². The molecule has 0 amide bonds. The van der Waals surface area contributed by atoms with Crippen LogP contribution in [0.2, 0.25) is 0 Å². The molecule has 0 aliphatic carbocycles. The van der Waals surface area contributed by atoms with E-state index in [-0.39, 0.29) is 12.1 Å². The van der Waals surface area contributed by atoms with E-state index in [1.807, 2.05) is 30.6 Å². The van der Waals surface area contributed by atoms with Gasteiger partial charge in [0.15, 0.2) is 5.11 Å². The Morgan fingerprint density at radius 3 is 2.50 bits per heavy atom. The summed E-state index contributed by atoms with van der Waals surface area (Å²) in [4.78, 5) is 13.6. The molecule has 7 nitrogen and oxygen atoms in total. The highest BCUT2D eigenvalue weighted by molar-refractivity contribution is 7.80.